The zero-order valence-corrected chi connectivity index (χ0v) is 12.8. The number of nitriles is 1. The smallest absolute Gasteiger partial charge is 0.131 e. The van der Waals surface area contributed by atoms with Gasteiger partial charge in [-0.2, -0.15) is 5.26 Å². The molecule has 118 valence electrons. The second kappa shape index (κ2) is 7.56. The molecule has 1 aliphatic heterocycles. The highest BCUT2D eigenvalue weighted by atomic mass is 16.5. The average molecular weight is 309 g/mol. The maximum Gasteiger partial charge on any atom is 0.131 e. The van der Waals surface area contributed by atoms with Gasteiger partial charge >= 0.3 is 0 Å². The fourth-order valence-corrected chi connectivity index (χ4v) is 2.49. The highest BCUT2D eigenvalue weighted by Crippen LogP contribution is 2.15. The van der Waals surface area contributed by atoms with Crippen molar-refractivity contribution in [3.63, 3.8) is 0 Å². The largest absolute Gasteiger partial charge is 0.379 e. The molecule has 1 saturated heterocycles. The third-order valence-corrected chi connectivity index (χ3v) is 3.74. The molecule has 2 N–H and O–H groups in total. The van der Waals surface area contributed by atoms with Gasteiger partial charge in [0.05, 0.1) is 24.3 Å². The molecule has 6 nitrogen and oxygen atoms in total. The molecule has 0 saturated carbocycles. The van der Waals surface area contributed by atoms with Crippen LogP contribution < -0.4 is 10.6 Å². The fourth-order valence-electron chi connectivity index (χ4n) is 2.49. The molecule has 6 heteroatoms. The lowest BCUT2D eigenvalue weighted by Crippen LogP contribution is -2.30. The third kappa shape index (κ3) is 4.41. The number of anilines is 2. The van der Waals surface area contributed by atoms with E-state index in [2.05, 4.69) is 26.7 Å². The zero-order chi connectivity index (χ0) is 15.9. The van der Waals surface area contributed by atoms with E-state index in [1.807, 2.05) is 30.3 Å². The normalized spacial score (nSPS) is 17.3. The molecule has 1 fully saturated rings. The van der Waals surface area contributed by atoms with Gasteiger partial charge in [0.15, 0.2) is 0 Å². The van der Waals surface area contributed by atoms with E-state index >= 15 is 0 Å². The molecule has 0 radical (unpaired) electrons. The molecule has 1 aliphatic rings. The minimum atomic E-state index is 0.310. The molecule has 0 bridgehead atoms. The topological polar surface area (TPSA) is 82.9 Å². The van der Waals surface area contributed by atoms with E-state index < -0.39 is 0 Å². The molecule has 0 amide bonds. The third-order valence-electron chi connectivity index (χ3n) is 3.74. The Bertz CT molecular complexity index is 674. The lowest BCUT2D eigenvalue weighted by Gasteiger charge is -2.23. The standard InChI is InChI=1S/C17H19N5O/c18-9-13-3-5-14(6-4-13)10-19-16-8-17(21-12-20-16)22-15-2-1-7-23-11-15/h3-6,8,12,15H,1-2,7,10-11H2,(H2,19,20,21,22). The number of aromatic nitrogens is 2. The van der Waals surface area contributed by atoms with Gasteiger partial charge in [0.25, 0.3) is 0 Å². The van der Waals surface area contributed by atoms with Gasteiger partial charge in [-0.15, -0.1) is 0 Å². The van der Waals surface area contributed by atoms with Gasteiger partial charge in [-0.3, -0.25) is 0 Å². The number of hydrogen-bond acceptors (Lipinski definition) is 6. The summed E-state index contributed by atoms with van der Waals surface area (Å²) in [6.07, 6.45) is 3.72. The summed E-state index contributed by atoms with van der Waals surface area (Å²) in [5, 5.41) is 15.5. The molecule has 23 heavy (non-hydrogen) atoms. The van der Waals surface area contributed by atoms with Gasteiger partial charge in [0.2, 0.25) is 0 Å². The first-order valence-corrected chi connectivity index (χ1v) is 7.73. The van der Waals surface area contributed by atoms with Crippen LogP contribution in [0.3, 0.4) is 0 Å². The summed E-state index contributed by atoms with van der Waals surface area (Å²) >= 11 is 0. The Balaban J connectivity index is 1.57. The summed E-state index contributed by atoms with van der Waals surface area (Å²) in [5.41, 5.74) is 1.76. The number of ether oxygens (including phenoxy) is 1. The van der Waals surface area contributed by atoms with Crippen molar-refractivity contribution in [2.45, 2.75) is 25.4 Å². The van der Waals surface area contributed by atoms with Crippen molar-refractivity contribution in [2.75, 3.05) is 23.8 Å². The molecule has 0 spiro atoms. The van der Waals surface area contributed by atoms with Crippen LogP contribution in [0.4, 0.5) is 11.6 Å². The van der Waals surface area contributed by atoms with E-state index in [9.17, 15) is 0 Å². The molecule has 1 aromatic carbocycles. The van der Waals surface area contributed by atoms with Crippen LogP contribution in [-0.4, -0.2) is 29.2 Å². The molecule has 1 atom stereocenters. The van der Waals surface area contributed by atoms with Crippen molar-refractivity contribution in [3.05, 3.63) is 47.8 Å². The van der Waals surface area contributed by atoms with Gasteiger partial charge in [-0.1, -0.05) is 12.1 Å². The number of hydrogen-bond donors (Lipinski definition) is 2. The summed E-state index contributed by atoms with van der Waals surface area (Å²) in [6, 6.07) is 11.8. The highest BCUT2D eigenvalue weighted by Gasteiger charge is 2.14. The summed E-state index contributed by atoms with van der Waals surface area (Å²) in [5.74, 6) is 1.57. The second-order valence-corrected chi connectivity index (χ2v) is 5.51. The van der Waals surface area contributed by atoms with Gasteiger partial charge in [0, 0.05) is 19.2 Å². The van der Waals surface area contributed by atoms with Crippen LogP contribution in [0.15, 0.2) is 36.7 Å². The van der Waals surface area contributed by atoms with E-state index in [0.717, 1.165) is 43.3 Å². The molecule has 0 aliphatic carbocycles. The predicted octanol–water partition coefficient (Wildman–Crippen LogP) is 2.55. The molecule has 2 heterocycles. The highest BCUT2D eigenvalue weighted by molar-refractivity contribution is 5.47. The van der Waals surface area contributed by atoms with Crippen molar-refractivity contribution in [1.82, 2.24) is 9.97 Å². The minimum absolute atomic E-state index is 0.310. The lowest BCUT2D eigenvalue weighted by atomic mass is 10.1. The molecule has 2 aromatic rings. The maximum atomic E-state index is 8.80. The summed E-state index contributed by atoms with van der Waals surface area (Å²) < 4.78 is 5.46. The van der Waals surface area contributed by atoms with Gasteiger partial charge in [0.1, 0.15) is 18.0 Å². The molecule has 1 unspecified atom stereocenters. The van der Waals surface area contributed by atoms with Crippen LogP contribution in [0, 0.1) is 11.3 Å². The van der Waals surface area contributed by atoms with Crippen LogP contribution in [0.25, 0.3) is 0 Å². The van der Waals surface area contributed by atoms with Crippen molar-refractivity contribution >= 4 is 11.6 Å². The molecular weight excluding hydrogens is 290 g/mol. The van der Waals surface area contributed by atoms with E-state index in [1.165, 1.54) is 0 Å². The molecule has 1 aromatic heterocycles. The van der Waals surface area contributed by atoms with E-state index in [0.29, 0.717) is 18.2 Å². The first-order valence-electron chi connectivity index (χ1n) is 7.73. The minimum Gasteiger partial charge on any atom is -0.379 e. The Hall–Kier alpha value is -2.65. The summed E-state index contributed by atoms with van der Waals surface area (Å²) in [4.78, 5) is 8.49. The van der Waals surface area contributed by atoms with E-state index in [4.69, 9.17) is 10.00 Å². The van der Waals surface area contributed by atoms with Crippen LogP contribution in [0.5, 0.6) is 0 Å². The number of nitrogens with zero attached hydrogens (tertiary/aromatic N) is 3. The van der Waals surface area contributed by atoms with Gasteiger partial charge in [-0.25, -0.2) is 9.97 Å². The zero-order valence-electron chi connectivity index (χ0n) is 12.8. The van der Waals surface area contributed by atoms with Crippen molar-refractivity contribution in [2.24, 2.45) is 0 Å². The van der Waals surface area contributed by atoms with E-state index in [-0.39, 0.29) is 0 Å². The van der Waals surface area contributed by atoms with Crippen LogP contribution in [0.2, 0.25) is 0 Å². The Labute approximate surface area is 135 Å². The Kier molecular flexibility index (Phi) is 5.02. The maximum absolute atomic E-state index is 8.80. The van der Waals surface area contributed by atoms with Crippen molar-refractivity contribution in [3.8, 4) is 6.07 Å². The molecular formula is C17H19N5O. The quantitative estimate of drug-likeness (QED) is 0.883. The van der Waals surface area contributed by atoms with Crippen LogP contribution >= 0.6 is 0 Å². The van der Waals surface area contributed by atoms with Gasteiger partial charge in [-0.05, 0) is 30.5 Å². The number of benzene rings is 1. The lowest BCUT2D eigenvalue weighted by molar-refractivity contribution is 0.0875. The Morgan fingerprint density at radius 1 is 1.22 bits per heavy atom. The summed E-state index contributed by atoms with van der Waals surface area (Å²) in [6.45, 7) is 2.21. The van der Waals surface area contributed by atoms with Crippen LogP contribution in [0.1, 0.15) is 24.0 Å². The second-order valence-electron chi connectivity index (χ2n) is 5.51. The Morgan fingerprint density at radius 3 is 2.78 bits per heavy atom. The number of nitrogens with one attached hydrogen (secondary N) is 2. The van der Waals surface area contributed by atoms with Crippen LogP contribution in [-0.2, 0) is 11.3 Å². The predicted molar refractivity (Wildman–Crippen MR) is 88.0 cm³/mol. The SMILES string of the molecule is N#Cc1ccc(CNc2cc(NC3CCCOC3)ncn2)cc1. The monoisotopic (exact) mass is 309 g/mol. The van der Waals surface area contributed by atoms with Crippen molar-refractivity contribution < 1.29 is 4.74 Å². The number of rotatable bonds is 5. The van der Waals surface area contributed by atoms with Crippen molar-refractivity contribution in [1.29, 1.82) is 5.26 Å². The average Bonchev–Trinajstić information content (AvgIpc) is 2.62. The van der Waals surface area contributed by atoms with Gasteiger partial charge < -0.3 is 15.4 Å². The Morgan fingerprint density at radius 2 is 2.04 bits per heavy atom. The first kappa shape index (κ1) is 15.3. The van der Waals surface area contributed by atoms with E-state index in [1.54, 1.807) is 6.33 Å². The fraction of sp³-hybridized carbons (Fsp3) is 0.353. The molecule has 3 rings (SSSR count). The summed E-state index contributed by atoms with van der Waals surface area (Å²) in [7, 11) is 0. The first-order chi connectivity index (χ1) is 11.3.